The normalized spacial score (nSPS) is 12.6. The van der Waals surface area contributed by atoms with Crippen molar-refractivity contribution in [1.82, 2.24) is 0 Å². The van der Waals surface area contributed by atoms with E-state index in [1.807, 2.05) is 6.92 Å². The first kappa shape index (κ1) is 19.8. The van der Waals surface area contributed by atoms with Gasteiger partial charge in [-0.25, -0.2) is 9.69 Å². The second-order valence-corrected chi connectivity index (χ2v) is 7.03. The van der Waals surface area contributed by atoms with E-state index in [0.29, 0.717) is 5.69 Å². The van der Waals surface area contributed by atoms with Gasteiger partial charge in [-0.05, 0) is 55.5 Å². The number of anilines is 2. The first-order chi connectivity index (χ1) is 14.8. The van der Waals surface area contributed by atoms with E-state index in [-0.39, 0.29) is 27.9 Å². The summed E-state index contributed by atoms with van der Waals surface area (Å²) >= 11 is 0. The number of fused-ring (bicyclic) bond motifs is 1. The minimum absolute atomic E-state index is 0.107. The van der Waals surface area contributed by atoms with Crippen LogP contribution in [0.4, 0.5) is 11.4 Å². The molecule has 0 aliphatic carbocycles. The number of carboxylic acid groups (broad SMARTS) is 1. The molecule has 0 spiro atoms. The average molecular weight is 416 g/mol. The largest absolute Gasteiger partial charge is 0.507 e. The van der Waals surface area contributed by atoms with Gasteiger partial charge in [0.25, 0.3) is 17.7 Å². The molecule has 0 unspecified atom stereocenters. The molecule has 0 fully saturated rings. The van der Waals surface area contributed by atoms with Crippen molar-refractivity contribution >= 4 is 35.1 Å². The van der Waals surface area contributed by atoms with Gasteiger partial charge in [0.15, 0.2) is 0 Å². The van der Waals surface area contributed by atoms with Crippen molar-refractivity contribution in [3.8, 4) is 5.75 Å². The van der Waals surface area contributed by atoms with Crippen LogP contribution >= 0.6 is 0 Å². The molecule has 0 aromatic heterocycles. The molecule has 0 saturated heterocycles. The minimum Gasteiger partial charge on any atom is -0.507 e. The Morgan fingerprint density at radius 1 is 0.871 bits per heavy atom. The summed E-state index contributed by atoms with van der Waals surface area (Å²) in [5, 5.41) is 21.2. The number of benzene rings is 3. The molecule has 3 aromatic carbocycles. The van der Waals surface area contributed by atoms with Gasteiger partial charge in [0.1, 0.15) is 11.3 Å². The minimum atomic E-state index is -1.34. The highest BCUT2D eigenvalue weighted by Crippen LogP contribution is 2.29. The molecule has 3 amide bonds. The Morgan fingerprint density at radius 3 is 2.23 bits per heavy atom. The number of nitrogens with zero attached hydrogens (tertiary/aromatic N) is 1. The fraction of sp³-hybridized carbons (Fsp3) is 0.0435. The zero-order valence-electron chi connectivity index (χ0n) is 16.2. The van der Waals surface area contributed by atoms with Crippen LogP contribution < -0.4 is 10.2 Å². The number of rotatable bonds is 4. The van der Waals surface area contributed by atoms with Crippen molar-refractivity contribution in [2.75, 3.05) is 10.2 Å². The van der Waals surface area contributed by atoms with Crippen molar-refractivity contribution < 1.29 is 29.4 Å². The van der Waals surface area contributed by atoms with Gasteiger partial charge in [0.2, 0.25) is 0 Å². The molecule has 8 nitrogen and oxygen atoms in total. The molecule has 8 heteroatoms. The average Bonchev–Trinajstić information content (AvgIpc) is 2.99. The maximum Gasteiger partial charge on any atom is 0.339 e. The van der Waals surface area contributed by atoms with Crippen molar-refractivity contribution in [3.05, 3.63) is 88.5 Å². The molecule has 3 aromatic rings. The van der Waals surface area contributed by atoms with Crippen LogP contribution in [0.5, 0.6) is 5.75 Å². The highest BCUT2D eigenvalue weighted by molar-refractivity contribution is 6.34. The number of nitrogens with one attached hydrogen (secondary N) is 1. The van der Waals surface area contributed by atoms with Gasteiger partial charge in [-0.15, -0.1) is 0 Å². The predicted molar refractivity (Wildman–Crippen MR) is 112 cm³/mol. The third kappa shape index (κ3) is 3.51. The van der Waals surface area contributed by atoms with Gasteiger partial charge in [-0.1, -0.05) is 17.7 Å². The summed E-state index contributed by atoms with van der Waals surface area (Å²) < 4.78 is 0. The molecule has 3 N–H and O–H groups in total. The molecule has 4 rings (SSSR count). The lowest BCUT2D eigenvalue weighted by Gasteiger charge is -2.13. The van der Waals surface area contributed by atoms with Crippen molar-refractivity contribution in [3.63, 3.8) is 0 Å². The summed E-state index contributed by atoms with van der Waals surface area (Å²) in [4.78, 5) is 50.4. The maximum atomic E-state index is 12.9. The number of aryl methyl sites for hydroxylation is 1. The topological polar surface area (TPSA) is 124 Å². The molecule has 0 atom stereocenters. The Kier molecular flexibility index (Phi) is 4.75. The number of hydrogen-bond donors (Lipinski definition) is 3. The molecule has 0 bridgehead atoms. The maximum absolute atomic E-state index is 12.9. The van der Waals surface area contributed by atoms with Crippen LogP contribution in [0.15, 0.2) is 60.7 Å². The number of amides is 3. The standard InChI is InChI=1S/C23H16N2O6/c1-12-2-6-15(7-3-12)25-21(28)16-8-4-13(10-17(16)22(25)29)20(27)24-14-5-9-19(26)18(11-14)23(30)31/h2-11,26H,1H3,(H,24,27)(H,30,31). The number of aromatic carboxylic acids is 1. The van der Waals surface area contributed by atoms with E-state index >= 15 is 0 Å². The number of carbonyl (C=O) groups excluding carboxylic acids is 3. The Morgan fingerprint density at radius 2 is 1.55 bits per heavy atom. The van der Waals surface area contributed by atoms with E-state index in [0.717, 1.165) is 22.6 Å². The smallest absolute Gasteiger partial charge is 0.339 e. The van der Waals surface area contributed by atoms with Gasteiger partial charge in [0.05, 0.1) is 16.8 Å². The lowest BCUT2D eigenvalue weighted by Crippen LogP contribution is -2.29. The van der Waals surface area contributed by atoms with Crippen molar-refractivity contribution in [1.29, 1.82) is 0 Å². The Hall–Kier alpha value is -4.46. The summed E-state index contributed by atoms with van der Waals surface area (Å²) in [5.41, 5.74) is 1.64. The zero-order chi connectivity index (χ0) is 22.3. The summed E-state index contributed by atoms with van der Waals surface area (Å²) in [6, 6.07) is 14.7. The number of imide groups is 1. The zero-order valence-corrected chi connectivity index (χ0v) is 16.2. The Labute approximate surface area is 176 Å². The molecule has 0 saturated carbocycles. The summed E-state index contributed by atoms with van der Waals surface area (Å²) in [7, 11) is 0. The third-order valence-corrected chi connectivity index (χ3v) is 4.93. The van der Waals surface area contributed by atoms with E-state index < -0.39 is 29.4 Å². The predicted octanol–water partition coefficient (Wildman–Crippen LogP) is 3.45. The van der Waals surface area contributed by atoms with Gasteiger partial charge >= 0.3 is 5.97 Å². The Balaban J connectivity index is 1.61. The molecule has 31 heavy (non-hydrogen) atoms. The first-order valence-corrected chi connectivity index (χ1v) is 9.23. The number of aromatic hydroxyl groups is 1. The monoisotopic (exact) mass is 416 g/mol. The summed E-state index contributed by atoms with van der Waals surface area (Å²) in [6.45, 7) is 1.89. The SMILES string of the molecule is Cc1ccc(N2C(=O)c3ccc(C(=O)Nc4ccc(O)c(C(=O)O)c4)cc3C2=O)cc1. The van der Waals surface area contributed by atoms with Crippen molar-refractivity contribution in [2.24, 2.45) is 0 Å². The molecule has 1 heterocycles. The van der Waals surface area contributed by atoms with Crippen LogP contribution in [0.25, 0.3) is 0 Å². The van der Waals surface area contributed by atoms with Gasteiger partial charge in [-0.3, -0.25) is 14.4 Å². The van der Waals surface area contributed by atoms with Crippen LogP contribution in [0.2, 0.25) is 0 Å². The number of carbonyl (C=O) groups is 4. The van der Waals surface area contributed by atoms with Gasteiger partial charge in [-0.2, -0.15) is 0 Å². The number of hydrogen-bond acceptors (Lipinski definition) is 5. The van der Waals surface area contributed by atoms with Crippen LogP contribution in [-0.4, -0.2) is 33.9 Å². The summed E-state index contributed by atoms with van der Waals surface area (Å²) in [5.74, 6) is -3.37. The van der Waals surface area contributed by atoms with Crippen LogP contribution in [0.3, 0.4) is 0 Å². The lowest BCUT2D eigenvalue weighted by molar-refractivity contribution is 0.0692. The fourth-order valence-corrected chi connectivity index (χ4v) is 3.30. The van der Waals surface area contributed by atoms with Crippen LogP contribution in [0.1, 0.15) is 47.0 Å². The van der Waals surface area contributed by atoms with Gasteiger partial charge in [0, 0.05) is 11.3 Å². The van der Waals surface area contributed by atoms with Gasteiger partial charge < -0.3 is 15.5 Å². The summed E-state index contributed by atoms with van der Waals surface area (Å²) in [6.07, 6.45) is 0. The van der Waals surface area contributed by atoms with E-state index in [1.165, 1.54) is 24.3 Å². The molecule has 0 radical (unpaired) electrons. The van der Waals surface area contributed by atoms with Crippen LogP contribution in [-0.2, 0) is 0 Å². The van der Waals surface area contributed by atoms with Crippen molar-refractivity contribution in [2.45, 2.75) is 6.92 Å². The quantitative estimate of drug-likeness (QED) is 0.442. The number of carboxylic acids is 1. The third-order valence-electron chi connectivity index (χ3n) is 4.93. The highest BCUT2D eigenvalue weighted by Gasteiger charge is 2.37. The molecular formula is C23H16N2O6. The molecular weight excluding hydrogens is 400 g/mol. The first-order valence-electron chi connectivity index (χ1n) is 9.23. The highest BCUT2D eigenvalue weighted by atomic mass is 16.4. The second kappa shape index (κ2) is 7.42. The van der Waals surface area contributed by atoms with E-state index in [9.17, 15) is 24.3 Å². The molecule has 154 valence electrons. The molecule has 1 aliphatic heterocycles. The Bertz CT molecular complexity index is 1260. The second-order valence-electron chi connectivity index (χ2n) is 7.03. The van der Waals surface area contributed by atoms with E-state index in [1.54, 1.807) is 24.3 Å². The number of phenols is 1. The lowest BCUT2D eigenvalue weighted by atomic mass is 10.1. The fourth-order valence-electron chi connectivity index (χ4n) is 3.30. The molecule has 1 aliphatic rings. The van der Waals surface area contributed by atoms with E-state index in [4.69, 9.17) is 5.11 Å². The van der Waals surface area contributed by atoms with Crippen LogP contribution in [0, 0.1) is 6.92 Å². The van der Waals surface area contributed by atoms with E-state index in [2.05, 4.69) is 5.32 Å².